The molecule has 1 N–H and O–H groups in total. The van der Waals surface area contributed by atoms with Crippen LogP contribution in [0.3, 0.4) is 0 Å². The average Bonchev–Trinajstić information content (AvgIpc) is 2.46. The van der Waals surface area contributed by atoms with Crippen molar-refractivity contribution in [2.24, 2.45) is 0 Å². The van der Waals surface area contributed by atoms with E-state index in [0.717, 1.165) is 32.8 Å². The van der Waals surface area contributed by atoms with Crippen LogP contribution < -0.4 is 4.74 Å². The van der Waals surface area contributed by atoms with Crippen molar-refractivity contribution in [1.82, 2.24) is 4.90 Å². The number of aliphatic hydroxyl groups excluding tert-OH is 1. The fraction of sp³-hybridized carbons (Fsp3) is 0.467. The summed E-state index contributed by atoms with van der Waals surface area (Å²) in [5.41, 5.74) is 0.500. The lowest BCUT2D eigenvalue weighted by atomic mass is 10.2. The van der Waals surface area contributed by atoms with Crippen molar-refractivity contribution < 1.29 is 19.0 Å². The van der Waals surface area contributed by atoms with Gasteiger partial charge in [0.05, 0.1) is 13.2 Å². The molecule has 1 aliphatic heterocycles. The van der Waals surface area contributed by atoms with Gasteiger partial charge in [0.25, 0.3) is 0 Å². The minimum atomic E-state index is -0.392. The molecule has 0 unspecified atom stereocenters. The second-order valence-electron chi connectivity index (χ2n) is 4.44. The Bertz CT molecular complexity index is 490. The summed E-state index contributed by atoms with van der Waals surface area (Å²) in [5, 5.41) is 8.64. The number of ether oxygens (including phenoxy) is 2. The van der Waals surface area contributed by atoms with Crippen molar-refractivity contribution >= 4 is 0 Å². The molecule has 1 aromatic rings. The lowest BCUT2D eigenvalue weighted by Crippen LogP contribution is -2.38. The molecule has 4 nitrogen and oxygen atoms in total. The van der Waals surface area contributed by atoms with Gasteiger partial charge in [-0.3, -0.25) is 4.90 Å². The van der Waals surface area contributed by atoms with Gasteiger partial charge in [0.2, 0.25) is 0 Å². The summed E-state index contributed by atoms with van der Waals surface area (Å²) in [6, 6.07) is 4.33. The molecule has 0 bridgehead atoms. The van der Waals surface area contributed by atoms with Crippen molar-refractivity contribution in [2.75, 3.05) is 46.1 Å². The van der Waals surface area contributed by atoms with E-state index in [-0.39, 0.29) is 6.61 Å². The van der Waals surface area contributed by atoms with Crippen LogP contribution in [-0.4, -0.2) is 56.1 Å². The highest BCUT2D eigenvalue weighted by Crippen LogP contribution is 2.16. The van der Waals surface area contributed by atoms with Gasteiger partial charge in [0.1, 0.15) is 24.8 Å². The molecule has 0 aliphatic carbocycles. The Kier molecular flexibility index (Phi) is 5.81. The Morgan fingerprint density at radius 2 is 2.10 bits per heavy atom. The molecular formula is C15H18FNO3. The molecule has 0 radical (unpaired) electrons. The zero-order chi connectivity index (χ0) is 14.2. The first-order valence-electron chi connectivity index (χ1n) is 6.61. The van der Waals surface area contributed by atoms with Crippen LogP contribution in [-0.2, 0) is 4.74 Å². The lowest BCUT2D eigenvalue weighted by molar-refractivity contribution is 0.0322. The summed E-state index contributed by atoms with van der Waals surface area (Å²) in [6.45, 7) is 4.35. The molecular weight excluding hydrogens is 261 g/mol. The predicted octanol–water partition coefficient (Wildman–Crippen LogP) is 0.881. The number of aliphatic hydroxyl groups is 1. The maximum Gasteiger partial charge on any atom is 0.128 e. The van der Waals surface area contributed by atoms with E-state index < -0.39 is 5.82 Å². The van der Waals surface area contributed by atoms with Crippen molar-refractivity contribution in [3.8, 4) is 17.6 Å². The molecule has 0 aromatic heterocycles. The Morgan fingerprint density at radius 1 is 1.30 bits per heavy atom. The van der Waals surface area contributed by atoms with E-state index in [0.29, 0.717) is 17.9 Å². The third-order valence-corrected chi connectivity index (χ3v) is 2.96. The number of hydrogen-bond acceptors (Lipinski definition) is 4. The van der Waals surface area contributed by atoms with E-state index in [2.05, 4.69) is 16.7 Å². The number of benzene rings is 1. The Hall–Kier alpha value is -1.61. The molecule has 1 aromatic carbocycles. The largest absolute Gasteiger partial charge is 0.492 e. The van der Waals surface area contributed by atoms with Crippen molar-refractivity contribution in [1.29, 1.82) is 0 Å². The minimum Gasteiger partial charge on any atom is -0.492 e. The van der Waals surface area contributed by atoms with Crippen LogP contribution in [0.1, 0.15) is 5.56 Å². The van der Waals surface area contributed by atoms with Crippen LogP contribution in [0, 0.1) is 17.7 Å². The highest BCUT2D eigenvalue weighted by atomic mass is 19.1. The molecule has 20 heavy (non-hydrogen) atoms. The van der Waals surface area contributed by atoms with Gasteiger partial charge < -0.3 is 14.6 Å². The zero-order valence-electron chi connectivity index (χ0n) is 11.3. The summed E-state index contributed by atoms with van der Waals surface area (Å²) in [5.74, 6) is 5.22. The number of rotatable bonds is 4. The number of morpholine rings is 1. The van der Waals surface area contributed by atoms with E-state index in [1.54, 1.807) is 6.07 Å². The molecule has 2 rings (SSSR count). The second kappa shape index (κ2) is 7.85. The fourth-order valence-corrected chi connectivity index (χ4v) is 1.98. The van der Waals surface area contributed by atoms with Crippen LogP contribution in [0.2, 0.25) is 0 Å². The van der Waals surface area contributed by atoms with Gasteiger partial charge in [-0.15, -0.1) is 0 Å². The Morgan fingerprint density at radius 3 is 2.85 bits per heavy atom. The van der Waals surface area contributed by atoms with Gasteiger partial charge >= 0.3 is 0 Å². The monoisotopic (exact) mass is 279 g/mol. The van der Waals surface area contributed by atoms with Gasteiger partial charge in [-0.2, -0.15) is 0 Å². The van der Waals surface area contributed by atoms with Gasteiger partial charge in [-0.1, -0.05) is 11.8 Å². The maximum atomic E-state index is 13.4. The molecule has 1 aliphatic rings. The number of hydrogen-bond donors (Lipinski definition) is 1. The normalized spacial score (nSPS) is 15.5. The minimum absolute atomic E-state index is 0.246. The molecule has 0 amide bonds. The second-order valence-corrected chi connectivity index (χ2v) is 4.44. The quantitative estimate of drug-likeness (QED) is 0.831. The summed E-state index contributed by atoms with van der Waals surface area (Å²) >= 11 is 0. The molecule has 1 heterocycles. The average molecular weight is 279 g/mol. The first kappa shape index (κ1) is 14.8. The predicted molar refractivity (Wildman–Crippen MR) is 73.1 cm³/mol. The standard InChI is InChI=1S/C15H18FNO3/c16-14-10-13(2-1-6-18)11-15(12-14)20-9-5-17-3-7-19-8-4-17/h10-12,18H,3-9H2. The van der Waals surface area contributed by atoms with Crippen LogP contribution in [0.5, 0.6) is 5.75 Å². The Balaban J connectivity index is 1.86. The van der Waals surface area contributed by atoms with Crippen molar-refractivity contribution in [3.63, 3.8) is 0 Å². The first-order chi connectivity index (χ1) is 9.78. The molecule has 108 valence electrons. The van der Waals surface area contributed by atoms with E-state index in [4.69, 9.17) is 14.6 Å². The first-order valence-corrected chi connectivity index (χ1v) is 6.61. The number of halogens is 1. The van der Waals surface area contributed by atoms with E-state index in [1.165, 1.54) is 12.1 Å². The van der Waals surface area contributed by atoms with E-state index in [9.17, 15) is 4.39 Å². The van der Waals surface area contributed by atoms with Crippen LogP contribution >= 0.6 is 0 Å². The topological polar surface area (TPSA) is 41.9 Å². The van der Waals surface area contributed by atoms with E-state index >= 15 is 0 Å². The summed E-state index contributed by atoms with van der Waals surface area (Å²) in [6.07, 6.45) is 0. The third kappa shape index (κ3) is 4.82. The van der Waals surface area contributed by atoms with Crippen molar-refractivity contribution in [2.45, 2.75) is 0 Å². The number of nitrogens with zero attached hydrogens (tertiary/aromatic N) is 1. The molecule has 1 fully saturated rings. The zero-order valence-corrected chi connectivity index (χ0v) is 11.3. The SMILES string of the molecule is OCC#Cc1cc(F)cc(OCCN2CCOCC2)c1. The molecule has 0 spiro atoms. The maximum absolute atomic E-state index is 13.4. The molecule has 0 saturated carbocycles. The molecule has 5 heteroatoms. The van der Waals surface area contributed by atoms with Gasteiger partial charge in [-0.25, -0.2) is 4.39 Å². The Labute approximate surface area is 118 Å². The van der Waals surface area contributed by atoms with Crippen LogP contribution in [0.25, 0.3) is 0 Å². The summed E-state index contributed by atoms with van der Waals surface area (Å²) in [4.78, 5) is 2.25. The highest BCUT2D eigenvalue weighted by molar-refractivity contribution is 5.40. The van der Waals surface area contributed by atoms with Gasteiger partial charge in [0.15, 0.2) is 0 Å². The molecule has 1 saturated heterocycles. The van der Waals surface area contributed by atoms with Crippen molar-refractivity contribution in [3.05, 3.63) is 29.6 Å². The smallest absolute Gasteiger partial charge is 0.128 e. The summed E-state index contributed by atoms with van der Waals surface area (Å²) < 4.78 is 24.2. The molecule has 0 atom stereocenters. The highest BCUT2D eigenvalue weighted by Gasteiger charge is 2.10. The lowest BCUT2D eigenvalue weighted by Gasteiger charge is -2.26. The summed E-state index contributed by atoms with van der Waals surface area (Å²) in [7, 11) is 0. The third-order valence-electron chi connectivity index (χ3n) is 2.96. The van der Waals surface area contributed by atoms with Gasteiger partial charge in [-0.05, 0) is 12.1 Å². The fourth-order valence-electron chi connectivity index (χ4n) is 1.98. The van der Waals surface area contributed by atoms with E-state index in [1.807, 2.05) is 0 Å². The van der Waals surface area contributed by atoms with Crippen LogP contribution in [0.4, 0.5) is 4.39 Å². The van der Waals surface area contributed by atoms with Gasteiger partial charge in [0, 0.05) is 31.3 Å². The van der Waals surface area contributed by atoms with Crippen LogP contribution in [0.15, 0.2) is 18.2 Å².